The molecule has 1 aliphatic heterocycles. The summed E-state index contributed by atoms with van der Waals surface area (Å²) in [5, 5.41) is 17.3. The summed E-state index contributed by atoms with van der Waals surface area (Å²) in [5.41, 5.74) is 2.75. The van der Waals surface area contributed by atoms with Gasteiger partial charge < -0.3 is 15.3 Å². The number of aliphatic hydroxyl groups is 1. The van der Waals surface area contributed by atoms with E-state index in [9.17, 15) is 14.7 Å². The average molecular weight is 486 g/mol. The van der Waals surface area contributed by atoms with Crippen LogP contribution < -0.4 is 5.32 Å². The van der Waals surface area contributed by atoms with E-state index in [1.807, 2.05) is 13.0 Å². The normalized spacial score (nSPS) is 43.2. The van der Waals surface area contributed by atoms with Crippen molar-refractivity contribution in [2.75, 3.05) is 20.1 Å². The number of allylic oxidation sites excluding steroid dienone is 1. The second kappa shape index (κ2) is 9.29. The minimum Gasteiger partial charge on any atom is -0.392 e. The van der Waals surface area contributed by atoms with Crippen molar-refractivity contribution in [2.24, 2.45) is 39.7 Å². The molecule has 0 aromatic heterocycles. The zero-order valence-electron chi connectivity index (χ0n) is 21.9. The van der Waals surface area contributed by atoms with Gasteiger partial charge in [-0.1, -0.05) is 24.6 Å². The van der Waals surface area contributed by atoms with E-state index >= 15 is 0 Å². The number of aliphatic hydroxyl groups excluding tert-OH is 1. The van der Waals surface area contributed by atoms with E-state index in [-0.39, 0.29) is 23.0 Å². The lowest BCUT2D eigenvalue weighted by Crippen LogP contribution is -2.51. The molecule has 0 bridgehead atoms. The summed E-state index contributed by atoms with van der Waals surface area (Å²) >= 11 is 0. The van der Waals surface area contributed by atoms with Gasteiger partial charge in [-0.2, -0.15) is 0 Å². The molecule has 0 spiro atoms. The first kappa shape index (κ1) is 24.9. The molecule has 0 radical (unpaired) electrons. The van der Waals surface area contributed by atoms with Gasteiger partial charge in [-0.25, -0.2) is 4.79 Å². The summed E-state index contributed by atoms with van der Waals surface area (Å²) in [6.45, 7) is 7.98. The lowest BCUT2D eigenvalue weighted by Gasteiger charge is -2.58. The maximum absolute atomic E-state index is 12.6. The van der Waals surface area contributed by atoms with E-state index in [0.29, 0.717) is 55.4 Å². The van der Waals surface area contributed by atoms with E-state index in [4.69, 9.17) is 4.84 Å². The van der Waals surface area contributed by atoms with Crippen molar-refractivity contribution < 1.29 is 19.5 Å². The third kappa shape index (κ3) is 4.37. The van der Waals surface area contributed by atoms with Gasteiger partial charge >= 0.3 is 6.09 Å². The Morgan fingerprint density at radius 1 is 1.20 bits per heavy atom. The van der Waals surface area contributed by atoms with Gasteiger partial charge in [-0.05, 0) is 93.0 Å². The molecule has 3 saturated carbocycles. The fraction of sp³-hybridized carbons (Fsp3) is 0.821. The zero-order chi connectivity index (χ0) is 25.0. The number of ketones is 1. The van der Waals surface area contributed by atoms with Crippen molar-refractivity contribution in [3.63, 3.8) is 0 Å². The third-order valence-corrected chi connectivity index (χ3v) is 10.7. The number of carbonyl (C=O) groups is 2. The van der Waals surface area contributed by atoms with Gasteiger partial charge in [0.2, 0.25) is 0 Å². The Kier molecular flexibility index (Phi) is 6.62. The van der Waals surface area contributed by atoms with E-state index < -0.39 is 6.09 Å². The number of amides is 1. The van der Waals surface area contributed by atoms with Crippen LogP contribution in [-0.4, -0.2) is 59.9 Å². The fourth-order valence-electron chi connectivity index (χ4n) is 8.83. The Labute approximate surface area is 209 Å². The molecule has 1 saturated heterocycles. The van der Waals surface area contributed by atoms with E-state index in [0.717, 1.165) is 25.0 Å². The Hall–Kier alpha value is -1.73. The summed E-state index contributed by atoms with van der Waals surface area (Å²) in [6, 6.07) is 0.0901. The highest BCUT2D eigenvalue weighted by Crippen LogP contribution is 2.66. The molecular formula is C28H43N3O4. The van der Waals surface area contributed by atoms with Crippen LogP contribution in [0.5, 0.6) is 0 Å². The van der Waals surface area contributed by atoms with Crippen molar-refractivity contribution in [2.45, 2.75) is 90.7 Å². The number of nitrogens with zero attached hydrogens (tertiary/aromatic N) is 2. The number of hydrogen-bond donors (Lipinski definition) is 2. The fourth-order valence-corrected chi connectivity index (χ4v) is 8.83. The molecule has 6 unspecified atom stereocenters. The third-order valence-electron chi connectivity index (χ3n) is 10.7. The number of rotatable bonds is 4. The first-order chi connectivity index (χ1) is 16.6. The second-order valence-electron chi connectivity index (χ2n) is 12.6. The highest BCUT2D eigenvalue weighted by Gasteiger charge is 2.59. The van der Waals surface area contributed by atoms with Crippen molar-refractivity contribution in [1.29, 1.82) is 0 Å². The Morgan fingerprint density at radius 2 is 2.00 bits per heavy atom. The van der Waals surface area contributed by atoms with Gasteiger partial charge in [0.1, 0.15) is 0 Å². The molecule has 5 aliphatic rings. The van der Waals surface area contributed by atoms with Gasteiger partial charge in [0.25, 0.3) is 0 Å². The van der Waals surface area contributed by atoms with Crippen LogP contribution in [0.15, 0.2) is 16.8 Å². The number of fused-ring (bicyclic) bond motifs is 5. The topological polar surface area (TPSA) is 91.2 Å². The molecule has 194 valence electrons. The molecule has 0 aromatic rings. The van der Waals surface area contributed by atoms with Crippen molar-refractivity contribution in [3.8, 4) is 0 Å². The first-order valence-electron chi connectivity index (χ1n) is 13.7. The number of β-amino-alcohol motifs (C(OH)–C–C–N with tert-alkyl or cyclic N) is 1. The number of hydrogen-bond acceptors (Lipinski definition) is 6. The maximum Gasteiger partial charge on any atom is 0.435 e. The quantitative estimate of drug-likeness (QED) is 0.352. The monoisotopic (exact) mass is 485 g/mol. The van der Waals surface area contributed by atoms with Crippen LogP contribution in [0.3, 0.4) is 0 Å². The van der Waals surface area contributed by atoms with Crippen LogP contribution in [0.1, 0.15) is 78.6 Å². The predicted molar refractivity (Wildman–Crippen MR) is 135 cm³/mol. The van der Waals surface area contributed by atoms with Crippen LogP contribution in [0, 0.1) is 34.5 Å². The number of nitrogens with one attached hydrogen (secondary N) is 1. The maximum atomic E-state index is 12.6. The lowest BCUT2D eigenvalue weighted by atomic mass is 9.46. The van der Waals surface area contributed by atoms with Gasteiger partial charge in [0.05, 0.1) is 11.8 Å². The molecule has 1 heterocycles. The predicted octanol–water partition coefficient (Wildman–Crippen LogP) is 4.30. The van der Waals surface area contributed by atoms with Crippen molar-refractivity contribution >= 4 is 17.6 Å². The molecule has 1 amide bonds. The molecule has 0 aromatic carbocycles. The van der Waals surface area contributed by atoms with Crippen LogP contribution in [0.2, 0.25) is 0 Å². The minimum atomic E-state index is -0.442. The zero-order valence-corrected chi connectivity index (χ0v) is 21.9. The van der Waals surface area contributed by atoms with Crippen LogP contribution >= 0.6 is 0 Å². The average Bonchev–Trinajstić information content (AvgIpc) is 3.39. The Morgan fingerprint density at radius 3 is 2.74 bits per heavy atom. The van der Waals surface area contributed by atoms with Gasteiger partial charge in [-0.15, -0.1) is 0 Å². The van der Waals surface area contributed by atoms with Gasteiger partial charge in [0, 0.05) is 38.5 Å². The summed E-state index contributed by atoms with van der Waals surface area (Å²) in [7, 11) is 1.72. The van der Waals surface area contributed by atoms with E-state index in [1.54, 1.807) is 11.9 Å². The van der Waals surface area contributed by atoms with Gasteiger partial charge in [-0.3, -0.25) is 9.63 Å². The standard InChI is InChI=1S/C28H43N3O4/c1-17(30-35-26(34)31(4)16-19-14-21(33)15-29-19)23-7-8-24-22-6-5-18-13-20(32)9-11-27(18,2)25(22)10-12-28(23,24)3/h13,19,21-25,29,33H,5-12,14-16H2,1-4H3/b30-17+/t19-,21+,22?,23?,24?,25?,27?,28?/m0/s1. The SMILES string of the molecule is C/C(=N\OC(=O)N(C)C[C@@H]1C[C@@H](O)CN1)C1CCC2C3CCC4=CC(=O)CCC4(C)C3CCC12C. The molecule has 8 atom stereocenters. The molecule has 5 rings (SSSR count). The molecule has 35 heavy (non-hydrogen) atoms. The highest BCUT2D eigenvalue weighted by molar-refractivity contribution is 5.91. The Balaban J connectivity index is 1.24. The molecule has 7 heteroatoms. The smallest absolute Gasteiger partial charge is 0.392 e. The number of oxime groups is 1. The molecule has 7 nitrogen and oxygen atoms in total. The molecular weight excluding hydrogens is 442 g/mol. The minimum absolute atomic E-state index is 0.0901. The van der Waals surface area contributed by atoms with Crippen LogP contribution in [0.25, 0.3) is 0 Å². The first-order valence-corrected chi connectivity index (χ1v) is 13.7. The summed E-state index contributed by atoms with van der Waals surface area (Å²) in [5.74, 6) is 2.73. The largest absolute Gasteiger partial charge is 0.435 e. The van der Waals surface area contributed by atoms with E-state index in [2.05, 4.69) is 24.3 Å². The lowest BCUT2D eigenvalue weighted by molar-refractivity contribution is -0.117. The highest BCUT2D eigenvalue weighted by atomic mass is 16.7. The molecule has 4 aliphatic carbocycles. The van der Waals surface area contributed by atoms with Gasteiger partial charge in [0.15, 0.2) is 5.78 Å². The van der Waals surface area contributed by atoms with E-state index in [1.165, 1.54) is 31.3 Å². The van der Waals surface area contributed by atoms with Crippen molar-refractivity contribution in [3.05, 3.63) is 11.6 Å². The molecule has 4 fully saturated rings. The summed E-state index contributed by atoms with van der Waals surface area (Å²) in [4.78, 5) is 31.6. The summed E-state index contributed by atoms with van der Waals surface area (Å²) < 4.78 is 0. The van der Waals surface area contributed by atoms with Crippen LogP contribution in [0.4, 0.5) is 4.79 Å². The molecule has 2 N–H and O–H groups in total. The summed E-state index contributed by atoms with van der Waals surface area (Å²) in [6.07, 6.45) is 10.6. The second-order valence-corrected chi connectivity index (χ2v) is 12.6. The number of carbonyl (C=O) groups excluding carboxylic acids is 2. The van der Waals surface area contributed by atoms with Crippen molar-refractivity contribution in [1.82, 2.24) is 10.2 Å². The number of likely N-dealkylation sites (N-methyl/N-ethyl adjacent to an activating group) is 1. The Bertz CT molecular complexity index is 931. The van der Waals surface area contributed by atoms with Crippen LogP contribution in [-0.2, 0) is 9.63 Å².